The molecule has 1 aromatic carbocycles. The van der Waals surface area contributed by atoms with E-state index in [2.05, 4.69) is 6.07 Å². The molecule has 7 nitrogen and oxygen atoms in total. The van der Waals surface area contributed by atoms with E-state index in [4.69, 9.17) is 5.26 Å². The van der Waals surface area contributed by atoms with Gasteiger partial charge in [0.2, 0.25) is 15.9 Å². The molecule has 2 aliphatic rings. The number of rotatable bonds is 2. The highest BCUT2D eigenvalue weighted by Gasteiger charge is 2.36. The predicted molar refractivity (Wildman–Crippen MR) is 86.6 cm³/mol. The molecule has 2 heterocycles. The van der Waals surface area contributed by atoms with E-state index >= 15 is 0 Å². The van der Waals surface area contributed by atoms with Crippen molar-refractivity contribution in [1.29, 1.82) is 5.26 Å². The number of carbonyl (C=O) groups is 2. The third-order valence-corrected chi connectivity index (χ3v) is 6.08. The Morgan fingerprint density at radius 1 is 1.17 bits per heavy atom. The van der Waals surface area contributed by atoms with Crippen LogP contribution < -0.4 is 4.31 Å². The van der Waals surface area contributed by atoms with Crippen LogP contribution in [0.1, 0.15) is 29.6 Å². The van der Waals surface area contributed by atoms with E-state index < -0.39 is 15.9 Å². The fourth-order valence-electron chi connectivity index (χ4n) is 3.00. The number of hydrogen-bond acceptors (Lipinski definition) is 5. The van der Waals surface area contributed by atoms with E-state index in [0.717, 1.165) is 4.31 Å². The van der Waals surface area contributed by atoms with Crippen LogP contribution in [0.2, 0.25) is 0 Å². The summed E-state index contributed by atoms with van der Waals surface area (Å²) in [6.07, 6.45) is 1.32. The summed E-state index contributed by atoms with van der Waals surface area (Å²) < 4.78 is 24.6. The topological polar surface area (TPSA) is 98.5 Å². The minimum atomic E-state index is -3.59. The van der Waals surface area contributed by atoms with Gasteiger partial charge in [-0.05, 0) is 37.1 Å². The Balaban J connectivity index is 1.74. The summed E-state index contributed by atoms with van der Waals surface area (Å²) in [6, 6.07) is 8.26. The van der Waals surface area contributed by atoms with Gasteiger partial charge in [0, 0.05) is 31.0 Å². The van der Waals surface area contributed by atoms with Crippen LogP contribution in [0, 0.1) is 17.2 Å². The van der Waals surface area contributed by atoms with Gasteiger partial charge in [-0.1, -0.05) is 0 Å². The van der Waals surface area contributed by atoms with Crippen molar-refractivity contribution >= 4 is 27.5 Å². The highest BCUT2D eigenvalue weighted by atomic mass is 32.2. The Labute approximate surface area is 140 Å². The molecule has 126 valence electrons. The molecule has 0 atom stereocenters. The first-order valence-corrected chi connectivity index (χ1v) is 9.38. The number of nitriles is 1. The normalized spacial score (nSPS) is 20.9. The van der Waals surface area contributed by atoms with Crippen molar-refractivity contribution in [2.75, 3.05) is 23.1 Å². The lowest BCUT2D eigenvalue weighted by molar-refractivity contribution is -0.116. The molecule has 2 amide bonds. The average Bonchev–Trinajstić information content (AvgIpc) is 2.87. The van der Waals surface area contributed by atoms with Crippen molar-refractivity contribution < 1.29 is 18.0 Å². The second-order valence-electron chi connectivity index (χ2n) is 5.97. The highest BCUT2D eigenvalue weighted by molar-refractivity contribution is 7.94. The van der Waals surface area contributed by atoms with Crippen LogP contribution in [-0.2, 0) is 14.8 Å². The number of carbonyl (C=O) groups excluding carboxylic acids is 2. The smallest absolute Gasteiger partial charge is 0.253 e. The first-order valence-electron chi connectivity index (χ1n) is 7.77. The van der Waals surface area contributed by atoms with Gasteiger partial charge in [-0.25, -0.2) is 12.7 Å². The van der Waals surface area contributed by atoms with E-state index in [-0.39, 0.29) is 29.7 Å². The van der Waals surface area contributed by atoms with E-state index in [1.54, 1.807) is 4.90 Å². The Morgan fingerprint density at radius 2 is 1.79 bits per heavy atom. The van der Waals surface area contributed by atoms with Gasteiger partial charge in [0.15, 0.2) is 0 Å². The zero-order valence-electron chi connectivity index (χ0n) is 13.0. The summed E-state index contributed by atoms with van der Waals surface area (Å²) in [5.41, 5.74) is 0.704. The fourth-order valence-corrected chi connectivity index (χ4v) is 4.46. The Morgan fingerprint density at radius 3 is 2.29 bits per heavy atom. The number of piperidine rings is 1. The van der Waals surface area contributed by atoms with E-state index in [1.165, 1.54) is 24.3 Å². The average molecular weight is 347 g/mol. The van der Waals surface area contributed by atoms with Gasteiger partial charge in [0.25, 0.3) is 5.91 Å². The molecule has 1 aromatic rings. The molecule has 8 heteroatoms. The van der Waals surface area contributed by atoms with Crippen molar-refractivity contribution in [1.82, 2.24) is 4.90 Å². The number of nitrogens with zero attached hydrogens (tertiary/aromatic N) is 3. The Bertz CT molecular complexity index is 803. The van der Waals surface area contributed by atoms with Crippen LogP contribution in [0.15, 0.2) is 24.3 Å². The minimum absolute atomic E-state index is 0.00260. The molecular formula is C16H17N3O4S. The maximum Gasteiger partial charge on any atom is 0.253 e. The monoisotopic (exact) mass is 347 g/mol. The largest absolute Gasteiger partial charge is 0.339 e. The third kappa shape index (κ3) is 2.99. The minimum Gasteiger partial charge on any atom is -0.339 e. The molecule has 24 heavy (non-hydrogen) atoms. The van der Waals surface area contributed by atoms with Crippen LogP contribution in [-0.4, -0.2) is 44.0 Å². The summed E-state index contributed by atoms with van der Waals surface area (Å²) in [5.74, 6) is -0.774. The van der Waals surface area contributed by atoms with Crippen LogP contribution in [0.3, 0.4) is 0 Å². The standard InChI is InChI=1S/C16H17N3O4S/c17-11-12-5-8-18(9-6-12)16(21)13-1-3-14(4-2-13)19-15(20)7-10-24(19,22)23/h1-4,12H,5-10H2. The van der Waals surface area contributed by atoms with Crippen molar-refractivity contribution in [3.05, 3.63) is 29.8 Å². The van der Waals surface area contributed by atoms with Gasteiger partial charge in [-0.15, -0.1) is 0 Å². The van der Waals surface area contributed by atoms with Crippen LogP contribution >= 0.6 is 0 Å². The maximum atomic E-state index is 12.5. The van der Waals surface area contributed by atoms with Gasteiger partial charge < -0.3 is 4.90 Å². The molecule has 0 aromatic heterocycles. The number of sulfonamides is 1. The predicted octanol–water partition coefficient (Wildman–Crippen LogP) is 1.13. The van der Waals surface area contributed by atoms with Gasteiger partial charge in [0.05, 0.1) is 17.5 Å². The molecule has 0 radical (unpaired) electrons. The van der Waals surface area contributed by atoms with Crippen molar-refractivity contribution in [2.45, 2.75) is 19.3 Å². The maximum absolute atomic E-state index is 12.5. The lowest BCUT2D eigenvalue weighted by atomic mass is 9.98. The molecular weight excluding hydrogens is 330 g/mol. The summed E-state index contributed by atoms with van der Waals surface area (Å²) in [5, 5.41) is 8.90. The van der Waals surface area contributed by atoms with Crippen molar-refractivity contribution in [3.63, 3.8) is 0 Å². The molecule has 2 aliphatic heterocycles. The number of amides is 2. The Hall–Kier alpha value is -2.40. The Kier molecular flexibility index (Phi) is 4.28. The lowest BCUT2D eigenvalue weighted by Crippen LogP contribution is -2.38. The quantitative estimate of drug-likeness (QED) is 0.798. The number of hydrogen-bond donors (Lipinski definition) is 0. The number of likely N-dealkylation sites (tertiary alicyclic amines) is 1. The summed E-state index contributed by atoms with van der Waals surface area (Å²) in [7, 11) is -3.59. The molecule has 2 saturated heterocycles. The molecule has 0 aliphatic carbocycles. The highest BCUT2D eigenvalue weighted by Crippen LogP contribution is 2.26. The lowest BCUT2D eigenvalue weighted by Gasteiger charge is -2.29. The van der Waals surface area contributed by atoms with Crippen LogP contribution in [0.5, 0.6) is 0 Å². The zero-order valence-corrected chi connectivity index (χ0v) is 13.8. The summed E-state index contributed by atoms with van der Waals surface area (Å²) in [6.45, 7) is 1.08. The SMILES string of the molecule is N#CC1CCN(C(=O)c2ccc(N3C(=O)CCS3(=O)=O)cc2)CC1. The van der Waals surface area contributed by atoms with Gasteiger partial charge in [-0.3, -0.25) is 9.59 Å². The number of benzene rings is 1. The summed E-state index contributed by atoms with van der Waals surface area (Å²) in [4.78, 5) is 25.9. The van der Waals surface area contributed by atoms with Crippen LogP contribution in [0.25, 0.3) is 0 Å². The van der Waals surface area contributed by atoms with Crippen LogP contribution in [0.4, 0.5) is 5.69 Å². The molecule has 3 rings (SSSR count). The van der Waals surface area contributed by atoms with Crippen molar-refractivity contribution in [2.24, 2.45) is 5.92 Å². The van der Waals surface area contributed by atoms with Gasteiger partial charge >= 0.3 is 0 Å². The summed E-state index contributed by atoms with van der Waals surface area (Å²) >= 11 is 0. The van der Waals surface area contributed by atoms with E-state index in [0.29, 0.717) is 31.5 Å². The molecule has 0 saturated carbocycles. The second kappa shape index (κ2) is 6.24. The molecule has 0 bridgehead atoms. The number of anilines is 1. The van der Waals surface area contributed by atoms with Crippen molar-refractivity contribution in [3.8, 4) is 6.07 Å². The van der Waals surface area contributed by atoms with E-state index in [9.17, 15) is 18.0 Å². The van der Waals surface area contributed by atoms with Gasteiger partial charge in [-0.2, -0.15) is 5.26 Å². The fraction of sp³-hybridized carbons (Fsp3) is 0.438. The molecule has 0 N–H and O–H groups in total. The first kappa shape index (κ1) is 16.5. The molecule has 0 unspecified atom stereocenters. The first-order chi connectivity index (χ1) is 11.4. The molecule has 0 spiro atoms. The molecule has 2 fully saturated rings. The van der Waals surface area contributed by atoms with Gasteiger partial charge in [0.1, 0.15) is 0 Å². The second-order valence-corrected chi connectivity index (χ2v) is 7.90. The van der Waals surface area contributed by atoms with E-state index in [1.807, 2.05) is 0 Å². The zero-order chi connectivity index (χ0) is 17.3. The third-order valence-electron chi connectivity index (χ3n) is 4.39.